The highest BCUT2D eigenvalue weighted by Gasteiger charge is 2.37. The van der Waals surface area contributed by atoms with Crippen LogP contribution in [0.4, 0.5) is 0 Å². The summed E-state index contributed by atoms with van der Waals surface area (Å²) in [6.45, 7) is 2.12. The first-order valence-electron chi connectivity index (χ1n) is 9.98. The van der Waals surface area contributed by atoms with E-state index < -0.39 is 5.97 Å². The summed E-state index contributed by atoms with van der Waals surface area (Å²) in [7, 11) is 1.33. The van der Waals surface area contributed by atoms with Crippen LogP contribution in [-0.2, 0) is 19.1 Å². The summed E-state index contributed by atoms with van der Waals surface area (Å²) in [5.74, 6) is -0.739. The van der Waals surface area contributed by atoms with Crippen LogP contribution in [0.25, 0.3) is 10.9 Å². The molecule has 2 aliphatic heterocycles. The third kappa shape index (κ3) is 3.75. The number of para-hydroxylation sites is 1. The molecule has 0 saturated heterocycles. The van der Waals surface area contributed by atoms with Crippen LogP contribution in [0.1, 0.15) is 36.3 Å². The van der Waals surface area contributed by atoms with Gasteiger partial charge in [0.15, 0.2) is 0 Å². The van der Waals surface area contributed by atoms with Gasteiger partial charge >= 0.3 is 11.9 Å². The molecule has 156 valence electrons. The van der Waals surface area contributed by atoms with Crippen LogP contribution in [0.2, 0.25) is 0 Å². The van der Waals surface area contributed by atoms with Crippen molar-refractivity contribution in [2.45, 2.75) is 25.8 Å². The molecule has 0 aliphatic carbocycles. The molecule has 2 aliphatic rings. The maximum absolute atomic E-state index is 13.2. The number of carbonyl (C=O) groups excluding carboxylic acids is 3. The van der Waals surface area contributed by atoms with Crippen molar-refractivity contribution < 1.29 is 23.9 Å². The summed E-state index contributed by atoms with van der Waals surface area (Å²) in [5, 5.41) is 1.03. The van der Waals surface area contributed by atoms with E-state index in [9.17, 15) is 14.4 Å². The molecule has 2 atom stereocenters. The third-order valence-electron chi connectivity index (χ3n) is 5.71. The van der Waals surface area contributed by atoms with Gasteiger partial charge in [0.05, 0.1) is 25.2 Å². The minimum atomic E-state index is -0.443. The monoisotopic (exact) mass is 408 g/mol. The molecule has 7 nitrogen and oxygen atoms in total. The van der Waals surface area contributed by atoms with E-state index in [0.717, 1.165) is 28.6 Å². The third-order valence-corrected chi connectivity index (χ3v) is 5.71. The Morgan fingerprint density at radius 3 is 2.83 bits per heavy atom. The van der Waals surface area contributed by atoms with Gasteiger partial charge in [-0.3, -0.25) is 14.2 Å². The molecule has 0 fully saturated rings. The second-order valence-corrected chi connectivity index (χ2v) is 7.57. The molecule has 1 aromatic carbocycles. The van der Waals surface area contributed by atoms with Crippen molar-refractivity contribution in [3.8, 4) is 0 Å². The standard InChI is InChI=1S/C23H24N2O5/c1-15(26)30-10-9-24-14-17(7-8-23(28)29-2)18-12-20(24)21-11-16-5-3-4-6-19(16)25(21)22(27)13-18/h3-8,11,14,18,20H,9-10,12-13H2,1-2H3/b8-7+/t18-,20+/m1/s1. The van der Waals surface area contributed by atoms with Crippen molar-refractivity contribution in [2.75, 3.05) is 20.3 Å². The average molecular weight is 408 g/mol. The van der Waals surface area contributed by atoms with E-state index in [1.807, 2.05) is 35.0 Å². The van der Waals surface area contributed by atoms with Crippen molar-refractivity contribution in [3.05, 3.63) is 60.0 Å². The van der Waals surface area contributed by atoms with E-state index in [4.69, 9.17) is 9.47 Å². The normalized spacial score (nSPS) is 20.7. The number of nitrogens with zero attached hydrogens (tertiary/aromatic N) is 2. The Hall–Kier alpha value is -3.35. The summed E-state index contributed by atoms with van der Waals surface area (Å²) in [6.07, 6.45) is 6.16. The molecule has 1 aromatic heterocycles. The number of benzene rings is 1. The van der Waals surface area contributed by atoms with E-state index in [1.54, 1.807) is 6.08 Å². The van der Waals surface area contributed by atoms with Crippen molar-refractivity contribution in [3.63, 3.8) is 0 Å². The zero-order chi connectivity index (χ0) is 21.3. The molecule has 0 amide bonds. The number of rotatable bonds is 5. The van der Waals surface area contributed by atoms with Gasteiger partial charge in [0, 0.05) is 36.7 Å². The fraction of sp³-hybridized carbons (Fsp3) is 0.348. The maximum Gasteiger partial charge on any atom is 0.330 e. The number of carbonyl (C=O) groups is 3. The molecule has 30 heavy (non-hydrogen) atoms. The van der Waals surface area contributed by atoms with Gasteiger partial charge in [-0.05, 0) is 30.0 Å². The molecule has 7 heteroatoms. The molecule has 2 aromatic rings. The number of ether oxygens (including phenoxy) is 2. The van der Waals surface area contributed by atoms with Gasteiger partial charge < -0.3 is 14.4 Å². The van der Waals surface area contributed by atoms with Gasteiger partial charge in [-0.15, -0.1) is 0 Å². The van der Waals surface area contributed by atoms with E-state index in [2.05, 4.69) is 11.0 Å². The Bertz CT molecular complexity index is 1060. The van der Waals surface area contributed by atoms with Gasteiger partial charge in [-0.25, -0.2) is 4.79 Å². The molecule has 3 heterocycles. The maximum atomic E-state index is 13.2. The van der Waals surface area contributed by atoms with E-state index in [1.165, 1.54) is 20.1 Å². The highest BCUT2D eigenvalue weighted by atomic mass is 16.5. The van der Waals surface area contributed by atoms with Crippen LogP contribution >= 0.6 is 0 Å². The predicted octanol–water partition coefficient (Wildman–Crippen LogP) is 3.22. The Morgan fingerprint density at radius 2 is 2.07 bits per heavy atom. The number of fused-ring (bicyclic) bond motifs is 6. The van der Waals surface area contributed by atoms with Crippen LogP contribution < -0.4 is 0 Å². The molecular weight excluding hydrogens is 384 g/mol. The van der Waals surface area contributed by atoms with Crippen LogP contribution in [0.15, 0.2) is 54.3 Å². The highest BCUT2D eigenvalue weighted by molar-refractivity contribution is 5.94. The summed E-state index contributed by atoms with van der Waals surface area (Å²) in [6, 6.07) is 9.91. The molecule has 0 spiro atoms. The Balaban J connectivity index is 1.75. The number of methoxy groups -OCH3 is 1. The SMILES string of the molecule is COC(=O)/C=C/C1=CN(CCOC(C)=O)[C@H]2C[C@@H]1CC(=O)n1c2cc2ccccc21. The first-order valence-corrected chi connectivity index (χ1v) is 9.98. The molecule has 0 radical (unpaired) electrons. The molecule has 0 N–H and O–H groups in total. The number of hydrogen-bond donors (Lipinski definition) is 0. The first kappa shape index (κ1) is 19.9. The fourth-order valence-corrected chi connectivity index (χ4v) is 4.35. The zero-order valence-electron chi connectivity index (χ0n) is 17.0. The van der Waals surface area contributed by atoms with Crippen LogP contribution in [0.3, 0.4) is 0 Å². The van der Waals surface area contributed by atoms with Gasteiger partial charge in [-0.2, -0.15) is 0 Å². The lowest BCUT2D eigenvalue weighted by atomic mass is 9.85. The summed E-state index contributed by atoms with van der Waals surface area (Å²) < 4.78 is 11.7. The highest BCUT2D eigenvalue weighted by Crippen LogP contribution is 2.43. The largest absolute Gasteiger partial charge is 0.466 e. The average Bonchev–Trinajstić information content (AvgIpc) is 3.06. The number of esters is 2. The lowest BCUT2D eigenvalue weighted by Gasteiger charge is -2.37. The fourth-order valence-electron chi connectivity index (χ4n) is 4.35. The topological polar surface area (TPSA) is 77.8 Å². The second-order valence-electron chi connectivity index (χ2n) is 7.57. The number of aromatic nitrogens is 1. The molecular formula is C23H24N2O5. The van der Waals surface area contributed by atoms with Crippen molar-refractivity contribution in [2.24, 2.45) is 5.92 Å². The minimum Gasteiger partial charge on any atom is -0.466 e. The Labute approximate surface area is 174 Å². The van der Waals surface area contributed by atoms with Crippen LogP contribution in [0, 0.1) is 5.92 Å². The van der Waals surface area contributed by atoms with Gasteiger partial charge in [0.1, 0.15) is 6.61 Å². The molecule has 4 rings (SSSR count). The Kier molecular flexibility index (Phi) is 5.44. The zero-order valence-corrected chi connectivity index (χ0v) is 17.0. The second kappa shape index (κ2) is 8.18. The Morgan fingerprint density at radius 1 is 1.27 bits per heavy atom. The predicted molar refractivity (Wildman–Crippen MR) is 111 cm³/mol. The van der Waals surface area contributed by atoms with Crippen molar-refractivity contribution in [1.82, 2.24) is 9.47 Å². The first-order chi connectivity index (χ1) is 14.5. The van der Waals surface area contributed by atoms with E-state index in [-0.39, 0.29) is 30.4 Å². The summed E-state index contributed by atoms with van der Waals surface area (Å²) in [4.78, 5) is 38.1. The molecule has 0 unspecified atom stereocenters. The van der Waals surface area contributed by atoms with E-state index in [0.29, 0.717) is 13.0 Å². The number of hydrogen-bond acceptors (Lipinski definition) is 6. The summed E-state index contributed by atoms with van der Waals surface area (Å²) in [5.41, 5.74) is 2.73. The quantitative estimate of drug-likeness (QED) is 0.558. The minimum absolute atomic E-state index is 0.00737. The lowest BCUT2D eigenvalue weighted by molar-refractivity contribution is -0.141. The number of allylic oxidation sites excluding steroid dienone is 2. The van der Waals surface area contributed by atoms with E-state index >= 15 is 0 Å². The van der Waals surface area contributed by atoms with Crippen molar-refractivity contribution in [1.29, 1.82) is 0 Å². The lowest BCUT2D eigenvalue weighted by Crippen LogP contribution is -2.33. The molecule has 2 bridgehead atoms. The molecule has 0 saturated carbocycles. The van der Waals surface area contributed by atoms with Crippen molar-refractivity contribution >= 4 is 28.7 Å². The van der Waals surface area contributed by atoms with Crippen LogP contribution in [0.5, 0.6) is 0 Å². The smallest absolute Gasteiger partial charge is 0.330 e. The van der Waals surface area contributed by atoms with Gasteiger partial charge in [-0.1, -0.05) is 24.3 Å². The summed E-state index contributed by atoms with van der Waals surface area (Å²) >= 11 is 0. The van der Waals surface area contributed by atoms with Gasteiger partial charge in [0.2, 0.25) is 5.91 Å². The van der Waals surface area contributed by atoms with Gasteiger partial charge in [0.25, 0.3) is 0 Å². The van der Waals surface area contributed by atoms with Crippen LogP contribution in [-0.4, -0.2) is 47.6 Å².